The van der Waals surface area contributed by atoms with Crippen molar-refractivity contribution in [2.75, 3.05) is 25.5 Å². The van der Waals surface area contributed by atoms with Crippen molar-refractivity contribution in [3.05, 3.63) is 59.9 Å². The Hall–Kier alpha value is -3.35. The third-order valence-corrected chi connectivity index (χ3v) is 5.32. The molecule has 1 aliphatic rings. The Morgan fingerprint density at radius 3 is 2.86 bits per heavy atom. The second-order valence-corrected chi connectivity index (χ2v) is 7.22. The van der Waals surface area contributed by atoms with Gasteiger partial charge in [0.2, 0.25) is 5.91 Å². The number of carbonyl (C=O) groups is 1. The minimum Gasteiger partial charge on any atom is -0.356 e. The van der Waals surface area contributed by atoms with E-state index < -0.39 is 0 Å². The van der Waals surface area contributed by atoms with E-state index >= 15 is 0 Å². The maximum atomic E-state index is 12.0. The monoisotopic (exact) mass is 390 g/mol. The Bertz CT molecular complexity index is 1050. The summed E-state index contributed by atoms with van der Waals surface area (Å²) in [5.41, 5.74) is 4.22. The number of rotatable bonds is 5. The lowest BCUT2D eigenvalue weighted by atomic mass is 9.90. The maximum Gasteiger partial charge on any atom is 0.225 e. The molecular formula is C22H26N6O. The lowest BCUT2D eigenvalue weighted by Gasteiger charge is -2.26. The topological polar surface area (TPSA) is 83.3 Å². The van der Waals surface area contributed by atoms with Gasteiger partial charge in [-0.2, -0.15) is 0 Å². The Morgan fingerprint density at radius 1 is 1.21 bits per heavy atom. The number of aryl methyl sites for hydroxylation is 1. The summed E-state index contributed by atoms with van der Waals surface area (Å²) < 4.78 is 2.21. The van der Waals surface area contributed by atoms with Crippen molar-refractivity contribution < 1.29 is 4.79 Å². The summed E-state index contributed by atoms with van der Waals surface area (Å²) in [6.45, 7) is 4.19. The number of hydrogen-bond donors (Lipinski definition) is 3. The Morgan fingerprint density at radius 2 is 2.00 bits per heavy atom. The van der Waals surface area contributed by atoms with E-state index in [1.807, 2.05) is 43.3 Å². The number of aromatic nitrogens is 2. The summed E-state index contributed by atoms with van der Waals surface area (Å²) in [7, 11) is 1.76. The van der Waals surface area contributed by atoms with E-state index in [9.17, 15) is 4.79 Å². The molecule has 0 saturated heterocycles. The summed E-state index contributed by atoms with van der Waals surface area (Å²) in [6, 6.07) is 16.1. The number of amides is 1. The van der Waals surface area contributed by atoms with Gasteiger partial charge in [0.25, 0.3) is 0 Å². The van der Waals surface area contributed by atoms with Crippen LogP contribution >= 0.6 is 0 Å². The third kappa shape index (κ3) is 4.08. The van der Waals surface area contributed by atoms with Crippen LogP contribution < -0.4 is 16.0 Å². The number of para-hydroxylation sites is 3. The van der Waals surface area contributed by atoms with Crippen LogP contribution in [0.5, 0.6) is 0 Å². The van der Waals surface area contributed by atoms with Crippen LogP contribution in [0.2, 0.25) is 0 Å². The Balaban J connectivity index is 1.35. The van der Waals surface area contributed by atoms with Gasteiger partial charge in [-0.05, 0) is 30.7 Å². The molecule has 0 radical (unpaired) electrons. The van der Waals surface area contributed by atoms with Gasteiger partial charge in [-0.25, -0.2) is 4.98 Å². The number of carbonyl (C=O) groups excluding carboxylic acids is 1. The summed E-state index contributed by atoms with van der Waals surface area (Å²) in [5, 5.41) is 9.67. The molecule has 0 bridgehead atoms. The summed E-state index contributed by atoms with van der Waals surface area (Å²) in [6.07, 6.45) is 0.473. The molecule has 1 atom stereocenters. The Labute approximate surface area is 170 Å². The largest absolute Gasteiger partial charge is 0.356 e. The van der Waals surface area contributed by atoms with E-state index in [0.717, 1.165) is 47.2 Å². The molecular weight excluding hydrogens is 364 g/mol. The molecule has 1 amide bonds. The average Bonchev–Trinajstić information content (AvgIpc) is 3.05. The molecule has 0 spiro atoms. The standard InChI is InChI=1S/C22H26N6O/c1-15-26-19-9-5-6-10-20(19)28(15)12-11-24-22(23-2)25-14-16-13-21(29)27-18-8-4-3-7-17(16)18/h3-10,16H,11-14H2,1-2H3,(H,27,29)(H2,23,24,25). The molecule has 7 nitrogen and oxygen atoms in total. The minimum atomic E-state index is 0.0564. The third-order valence-electron chi connectivity index (χ3n) is 5.32. The number of nitrogens with one attached hydrogen (secondary N) is 3. The molecule has 0 saturated carbocycles. The first-order valence-corrected chi connectivity index (χ1v) is 9.91. The number of hydrogen-bond acceptors (Lipinski definition) is 3. The smallest absolute Gasteiger partial charge is 0.225 e. The molecule has 4 rings (SSSR count). The molecule has 29 heavy (non-hydrogen) atoms. The molecule has 3 N–H and O–H groups in total. The first-order valence-electron chi connectivity index (χ1n) is 9.91. The van der Waals surface area contributed by atoms with Gasteiger partial charge in [0, 0.05) is 44.7 Å². The lowest BCUT2D eigenvalue weighted by molar-refractivity contribution is -0.116. The first kappa shape index (κ1) is 19.0. The maximum absolute atomic E-state index is 12.0. The Kier molecular flexibility index (Phi) is 5.46. The second kappa shape index (κ2) is 8.34. The molecule has 2 heterocycles. The van der Waals surface area contributed by atoms with Gasteiger partial charge in [-0.3, -0.25) is 9.79 Å². The van der Waals surface area contributed by atoms with Crippen LogP contribution in [0, 0.1) is 6.92 Å². The fourth-order valence-electron chi connectivity index (χ4n) is 3.89. The van der Waals surface area contributed by atoms with Crippen LogP contribution in [0.15, 0.2) is 53.5 Å². The van der Waals surface area contributed by atoms with Gasteiger partial charge in [0.15, 0.2) is 5.96 Å². The van der Waals surface area contributed by atoms with Gasteiger partial charge in [-0.15, -0.1) is 0 Å². The summed E-state index contributed by atoms with van der Waals surface area (Å²) in [5.74, 6) is 1.91. The van der Waals surface area contributed by atoms with Crippen molar-refractivity contribution in [3.63, 3.8) is 0 Å². The zero-order valence-corrected chi connectivity index (χ0v) is 16.8. The highest BCUT2D eigenvalue weighted by atomic mass is 16.1. The van der Waals surface area contributed by atoms with Crippen molar-refractivity contribution in [3.8, 4) is 0 Å². The predicted octanol–water partition coefficient (Wildman–Crippen LogP) is 2.64. The molecule has 2 aromatic carbocycles. The normalized spacial score (nSPS) is 16.4. The fraction of sp³-hybridized carbons (Fsp3) is 0.318. The van der Waals surface area contributed by atoms with Crippen LogP contribution in [-0.4, -0.2) is 41.6 Å². The lowest BCUT2D eigenvalue weighted by Crippen LogP contribution is -2.41. The van der Waals surface area contributed by atoms with Crippen molar-refractivity contribution >= 4 is 28.6 Å². The van der Waals surface area contributed by atoms with Crippen LogP contribution in [0.4, 0.5) is 5.69 Å². The molecule has 1 aromatic heterocycles. The van der Waals surface area contributed by atoms with Crippen molar-refractivity contribution in [1.29, 1.82) is 0 Å². The van der Waals surface area contributed by atoms with E-state index in [4.69, 9.17) is 0 Å². The van der Waals surface area contributed by atoms with E-state index in [0.29, 0.717) is 13.0 Å². The highest BCUT2D eigenvalue weighted by Gasteiger charge is 2.24. The molecule has 3 aromatic rings. The highest BCUT2D eigenvalue weighted by Crippen LogP contribution is 2.31. The highest BCUT2D eigenvalue weighted by molar-refractivity contribution is 5.94. The molecule has 0 fully saturated rings. The molecule has 150 valence electrons. The van der Waals surface area contributed by atoms with Gasteiger partial charge in [0.05, 0.1) is 11.0 Å². The zero-order chi connectivity index (χ0) is 20.2. The van der Waals surface area contributed by atoms with Crippen LogP contribution in [0.1, 0.15) is 23.7 Å². The number of guanidine groups is 1. The molecule has 0 aliphatic carbocycles. The SMILES string of the molecule is CN=C(NCCn1c(C)nc2ccccc21)NCC1CC(=O)Nc2ccccc21. The number of fused-ring (bicyclic) bond motifs is 2. The fourth-order valence-corrected chi connectivity index (χ4v) is 3.89. The quantitative estimate of drug-likeness (QED) is 0.462. The van der Waals surface area contributed by atoms with Gasteiger partial charge >= 0.3 is 0 Å². The van der Waals surface area contributed by atoms with Crippen molar-refractivity contribution in [1.82, 2.24) is 20.2 Å². The summed E-state index contributed by atoms with van der Waals surface area (Å²) in [4.78, 5) is 20.9. The number of anilines is 1. The minimum absolute atomic E-state index is 0.0564. The predicted molar refractivity (Wildman–Crippen MR) is 116 cm³/mol. The number of aliphatic imine (C=N–C) groups is 1. The van der Waals surface area contributed by atoms with E-state index in [2.05, 4.69) is 42.6 Å². The average molecular weight is 390 g/mol. The van der Waals surface area contributed by atoms with Gasteiger partial charge in [-0.1, -0.05) is 30.3 Å². The zero-order valence-electron chi connectivity index (χ0n) is 16.8. The molecule has 7 heteroatoms. The van der Waals surface area contributed by atoms with Gasteiger partial charge < -0.3 is 20.5 Å². The van der Waals surface area contributed by atoms with E-state index in [1.165, 1.54) is 0 Å². The van der Waals surface area contributed by atoms with Crippen molar-refractivity contribution in [2.45, 2.75) is 25.8 Å². The summed E-state index contributed by atoms with van der Waals surface area (Å²) >= 11 is 0. The van der Waals surface area contributed by atoms with E-state index in [1.54, 1.807) is 7.05 Å². The molecule has 1 unspecified atom stereocenters. The number of nitrogens with zero attached hydrogens (tertiary/aromatic N) is 3. The van der Waals surface area contributed by atoms with Crippen LogP contribution in [0.25, 0.3) is 11.0 Å². The van der Waals surface area contributed by atoms with Crippen LogP contribution in [-0.2, 0) is 11.3 Å². The van der Waals surface area contributed by atoms with E-state index in [-0.39, 0.29) is 11.8 Å². The van der Waals surface area contributed by atoms with Crippen LogP contribution in [0.3, 0.4) is 0 Å². The number of imidazole rings is 1. The van der Waals surface area contributed by atoms with Crippen molar-refractivity contribution in [2.24, 2.45) is 4.99 Å². The first-order chi connectivity index (χ1) is 14.2. The second-order valence-electron chi connectivity index (χ2n) is 7.22. The van der Waals surface area contributed by atoms with Gasteiger partial charge in [0.1, 0.15) is 5.82 Å². The number of benzene rings is 2. The molecule has 1 aliphatic heterocycles.